The summed E-state index contributed by atoms with van der Waals surface area (Å²) in [5.41, 5.74) is -0.0567. The second-order valence-electron chi connectivity index (χ2n) is 6.70. The van der Waals surface area contributed by atoms with Crippen molar-refractivity contribution in [2.45, 2.75) is 19.0 Å². The van der Waals surface area contributed by atoms with Gasteiger partial charge in [0.1, 0.15) is 11.0 Å². The van der Waals surface area contributed by atoms with Gasteiger partial charge >= 0.3 is 6.18 Å². The van der Waals surface area contributed by atoms with Gasteiger partial charge in [0.15, 0.2) is 16.6 Å². The summed E-state index contributed by atoms with van der Waals surface area (Å²) in [5, 5.41) is 10.2. The van der Waals surface area contributed by atoms with Gasteiger partial charge in [-0.1, -0.05) is 29.5 Å². The molecule has 0 radical (unpaired) electrons. The fourth-order valence-electron chi connectivity index (χ4n) is 3.09. The summed E-state index contributed by atoms with van der Waals surface area (Å²) in [6, 6.07) is 5.32. The first-order chi connectivity index (χ1) is 13.9. The number of hydrogen-bond acceptors (Lipinski definition) is 5. The molecule has 0 bridgehead atoms. The fraction of sp³-hybridized carbons (Fsp3) is 0.222. The zero-order chi connectivity index (χ0) is 20.2. The number of alkyl halides is 3. The average Bonchev–Trinajstić information content (AvgIpc) is 3.11. The van der Waals surface area contributed by atoms with E-state index < -0.39 is 11.7 Å². The molecule has 1 saturated carbocycles. The Morgan fingerprint density at radius 3 is 2.83 bits per heavy atom. The van der Waals surface area contributed by atoms with Crippen molar-refractivity contribution in [1.29, 1.82) is 0 Å². The van der Waals surface area contributed by atoms with E-state index in [0.717, 1.165) is 18.9 Å². The molecular formula is C18H13F3N6OS. The Bertz CT molecular complexity index is 1220. The molecule has 3 heterocycles. The number of rotatable bonds is 4. The Morgan fingerprint density at radius 2 is 2.07 bits per heavy atom. The summed E-state index contributed by atoms with van der Waals surface area (Å²) >= 11 is 1.21. The second-order valence-corrected chi connectivity index (χ2v) is 7.70. The summed E-state index contributed by atoms with van der Waals surface area (Å²) in [4.78, 5) is 20.3. The number of fused-ring (bicyclic) bond motifs is 1. The van der Waals surface area contributed by atoms with E-state index in [4.69, 9.17) is 0 Å². The van der Waals surface area contributed by atoms with Gasteiger partial charge in [0.25, 0.3) is 0 Å². The van der Waals surface area contributed by atoms with E-state index in [1.165, 1.54) is 40.6 Å². The molecule has 0 saturated heterocycles. The van der Waals surface area contributed by atoms with Crippen LogP contribution in [0, 0.1) is 5.92 Å². The molecule has 11 heteroatoms. The van der Waals surface area contributed by atoms with E-state index in [1.54, 1.807) is 6.07 Å². The van der Waals surface area contributed by atoms with E-state index in [1.807, 2.05) is 0 Å². The van der Waals surface area contributed by atoms with Crippen LogP contribution in [0.15, 0.2) is 36.8 Å². The molecule has 0 spiro atoms. The fourth-order valence-corrected chi connectivity index (χ4v) is 4.00. The van der Waals surface area contributed by atoms with Gasteiger partial charge in [-0.05, 0) is 18.9 Å². The third kappa shape index (κ3) is 3.16. The van der Waals surface area contributed by atoms with Crippen molar-refractivity contribution in [3.8, 4) is 17.1 Å². The monoisotopic (exact) mass is 418 g/mol. The van der Waals surface area contributed by atoms with Crippen LogP contribution in [0.5, 0.6) is 0 Å². The standard InChI is InChI=1S/C18H13F3N6OS/c19-18(20,21)11-4-2-1-3-10(11)12-7-22-8-27(12)15-13-14(25-26-15)23-17(29-13)24-16(28)9-5-6-9/h1-4,7-9H,5-6H2,(H2,23,24,25,26,28). The molecule has 5 rings (SSSR count). The number of carbonyl (C=O) groups is 1. The van der Waals surface area contributed by atoms with Crippen molar-refractivity contribution in [1.82, 2.24) is 24.7 Å². The maximum Gasteiger partial charge on any atom is 0.417 e. The molecule has 0 atom stereocenters. The molecular weight excluding hydrogens is 405 g/mol. The highest BCUT2D eigenvalue weighted by molar-refractivity contribution is 7.22. The number of thiazole rings is 1. The second kappa shape index (κ2) is 6.41. The van der Waals surface area contributed by atoms with Crippen molar-refractivity contribution in [3.05, 3.63) is 42.4 Å². The predicted octanol–water partition coefficient (Wildman–Crippen LogP) is 4.24. The van der Waals surface area contributed by atoms with Crippen molar-refractivity contribution in [2.75, 3.05) is 5.32 Å². The van der Waals surface area contributed by atoms with Crippen molar-refractivity contribution < 1.29 is 18.0 Å². The Labute approximate surface area is 165 Å². The highest BCUT2D eigenvalue weighted by Crippen LogP contribution is 2.39. The van der Waals surface area contributed by atoms with Crippen LogP contribution in [0.1, 0.15) is 18.4 Å². The Hall–Kier alpha value is -3.21. The number of nitrogens with one attached hydrogen (secondary N) is 2. The van der Waals surface area contributed by atoms with Crippen LogP contribution in [0.4, 0.5) is 18.3 Å². The van der Waals surface area contributed by atoms with E-state index in [9.17, 15) is 18.0 Å². The molecule has 2 N–H and O–H groups in total. The van der Waals surface area contributed by atoms with Gasteiger partial charge in [0, 0.05) is 11.5 Å². The van der Waals surface area contributed by atoms with Crippen LogP contribution in [0.25, 0.3) is 27.4 Å². The highest BCUT2D eigenvalue weighted by Gasteiger charge is 2.34. The Morgan fingerprint density at radius 1 is 1.28 bits per heavy atom. The van der Waals surface area contributed by atoms with Gasteiger partial charge in [0.2, 0.25) is 5.91 Å². The van der Waals surface area contributed by atoms with Gasteiger partial charge in [-0.15, -0.1) is 0 Å². The smallest absolute Gasteiger partial charge is 0.302 e. The topological polar surface area (TPSA) is 88.5 Å². The summed E-state index contributed by atoms with van der Waals surface area (Å²) in [6.07, 6.45) is 0.0112. The molecule has 1 aromatic carbocycles. The number of imidazole rings is 1. The number of aromatic nitrogens is 5. The molecule has 0 unspecified atom stereocenters. The lowest BCUT2D eigenvalue weighted by Crippen LogP contribution is -2.12. The van der Waals surface area contributed by atoms with E-state index in [-0.39, 0.29) is 23.1 Å². The number of aromatic amines is 1. The minimum Gasteiger partial charge on any atom is -0.302 e. The lowest BCUT2D eigenvalue weighted by atomic mass is 10.0. The van der Waals surface area contributed by atoms with Crippen LogP contribution in [0.2, 0.25) is 0 Å². The SMILES string of the molecule is O=C(Nc1nc2[nH]nc(-n3cncc3-c3ccccc3C(F)(F)F)c2s1)C1CC1. The number of carbonyl (C=O) groups excluding carboxylic acids is 1. The quantitative estimate of drug-likeness (QED) is 0.519. The molecule has 3 aromatic heterocycles. The van der Waals surface area contributed by atoms with Crippen molar-refractivity contribution in [3.63, 3.8) is 0 Å². The number of anilines is 1. The molecule has 29 heavy (non-hydrogen) atoms. The first kappa shape index (κ1) is 17.9. The summed E-state index contributed by atoms with van der Waals surface area (Å²) < 4.78 is 42.5. The number of H-pyrrole nitrogens is 1. The lowest BCUT2D eigenvalue weighted by Gasteiger charge is -2.13. The molecule has 0 aliphatic heterocycles. The van der Waals surface area contributed by atoms with Crippen molar-refractivity contribution in [2.24, 2.45) is 5.92 Å². The first-order valence-corrected chi connectivity index (χ1v) is 9.58. The highest BCUT2D eigenvalue weighted by atomic mass is 32.1. The average molecular weight is 418 g/mol. The number of hydrogen-bond donors (Lipinski definition) is 2. The van der Waals surface area contributed by atoms with Crippen molar-refractivity contribution >= 4 is 32.7 Å². The summed E-state index contributed by atoms with van der Waals surface area (Å²) in [6.45, 7) is 0. The third-order valence-corrected chi connectivity index (χ3v) is 5.62. The van der Waals surface area contributed by atoms with Gasteiger partial charge in [0.05, 0.1) is 17.5 Å². The molecule has 1 amide bonds. The van der Waals surface area contributed by atoms with Gasteiger partial charge in [-0.3, -0.25) is 14.5 Å². The first-order valence-electron chi connectivity index (χ1n) is 8.77. The maximum absolute atomic E-state index is 13.5. The third-order valence-electron chi connectivity index (χ3n) is 4.65. The van der Waals surface area contributed by atoms with Gasteiger partial charge < -0.3 is 5.32 Å². The van der Waals surface area contributed by atoms with E-state index >= 15 is 0 Å². The van der Waals surface area contributed by atoms with Gasteiger partial charge in [-0.2, -0.15) is 18.3 Å². The number of benzene rings is 1. The van der Waals surface area contributed by atoms with Crippen LogP contribution in [0.3, 0.4) is 0 Å². The minimum absolute atomic E-state index is 0.000393. The zero-order valence-electron chi connectivity index (χ0n) is 14.7. The van der Waals surface area contributed by atoms with Crippen LogP contribution < -0.4 is 5.32 Å². The largest absolute Gasteiger partial charge is 0.417 e. The Kier molecular flexibility index (Phi) is 3.95. The minimum atomic E-state index is -4.50. The molecule has 1 fully saturated rings. The number of halogens is 3. The van der Waals surface area contributed by atoms with E-state index in [2.05, 4.69) is 25.5 Å². The molecule has 7 nitrogen and oxygen atoms in total. The lowest BCUT2D eigenvalue weighted by molar-refractivity contribution is -0.137. The molecule has 148 valence electrons. The zero-order valence-corrected chi connectivity index (χ0v) is 15.5. The molecule has 4 aromatic rings. The Balaban J connectivity index is 1.57. The van der Waals surface area contributed by atoms with E-state index in [0.29, 0.717) is 21.3 Å². The normalized spacial score (nSPS) is 14.4. The number of nitrogens with zero attached hydrogens (tertiary/aromatic N) is 4. The number of amides is 1. The van der Waals surface area contributed by atoms with Crippen LogP contribution in [-0.2, 0) is 11.0 Å². The van der Waals surface area contributed by atoms with Gasteiger partial charge in [-0.25, -0.2) is 9.97 Å². The predicted molar refractivity (Wildman–Crippen MR) is 101 cm³/mol. The summed E-state index contributed by atoms with van der Waals surface area (Å²) in [5.74, 6) is 0.334. The summed E-state index contributed by atoms with van der Waals surface area (Å²) in [7, 11) is 0. The molecule has 1 aliphatic rings. The maximum atomic E-state index is 13.5. The van der Waals surface area contributed by atoms with Crippen LogP contribution in [-0.4, -0.2) is 30.6 Å². The van der Waals surface area contributed by atoms with Crippen LogP contribution >= 0.6 is 11.3 Å². The molecule has 1 aliphatic carbocycles.